The molecule has 1 N–H and O–H groups in total. The number of benzene rings is 1. The standard InChI is InChI=1S/C23H25N5O3/c1-31-19-11-5-3-9-16(19)22(30)28-17-10-4-2-8-15(17)14-18(28)21(29)24-23-26-25-20-12-6-7-13-27(20)23/h3,5-7,9,11-13,15,17-18H,2,4,8,10,14H2,1H3,(H,24,26,29). The number of ether oxygens (including phenoxy) is 1. The van der Waals surface area contributed by atoms with Crippen molar-refractivity contribution in [2.75, 3.05) is 12.4 Å². The topological polar surface area (TPSA) is 88.8 Å². The largest absolute Gasteiger partial charge is 0.496 e. The van der Waals surface area contributed by atoms with Crippen molar-refractivity contribution in [3.05, 3.63) is 54.2 Å². The number of fused-ring (bicyclic) bond motifs is 2. The van der Waals surface area contributed by atoms with Crippen LogP contribution in [0.3, 0.4) is 0 Å². The van der Waals surface area contributed by atoms with Crippen molar-refractivity contribution in [1.82, 2.24) is 19.5 Å². The fourth-order valence-electron chi connectivity index (χ4n) is 5.07. The maximum Gasteiger partial charge on any atom is 0.258 e. The van der Waals surface area contributed by atoms with Crippen LogP contribution in [0.15, 0.2) is 48.7 Å². The minimum atomic E-state index is -0.554. The summed E-state index contributed by atoms with van der Waals surface area (Å²) in [5.41, 5.74) is 1.14. The lowest BCUT2D eigenvalue weighted by atomic mass is 9.84. The second-order valence-corrected chi connectivity index (χ2v) is 8.22. The summed E-state index contributed by atoms with van der Waals surface area (Å²) in [6.07, 6.45) is 6.63. The monoisotopic (exact) mass is 419 g/mol. The number of methoxy groups -OCH3 is 1. The van der Waals surface area contributed by atoms with Gasteiger partial charge in [0, 0.05) is 12.2 Å². The highest BCUT2D eigenvalue weighted by Gasteiger charge is 2.48. The van der Waals surface area contributed by atoms with Crippen LogP contribution in [0, 0.1) is 5.92 Å². The van der Waals surface area contributed by atoms with Gasteiger partial charge in [-0.25, -0.2) is 0 Å². The number of nitrogens with one attached hydrogen (secondary N) is 1. The number of likely N-dealkylation sites (tertiary alicyclic amines) is 1. The van der Waals surface area contributed by atoms with Gasteiger partial charge >= 0.3 is 0 Å². The van der Waals surface area contributed by atoms with Gasteiger partial charge in [-0.1, -0.05) is 31.0 Å². The first-order valence-electron chi connectivity index (χ1n) is 10.7. The number of carbonyl (C=O) groups is 2. The van der Waals surface area contributed by atoms with E-state index in [4.69, 9.17) is 4.74 Å². The van der Waals surface area contributed by atoms with Gasteiger partial charge in [0.1, 0.15) is 11.8 Å². The summed E-state index contributed by atoms with van der Waals surface area (Å²) >= 11 is 0. The lowest BCUT2D eigenvalue weighted by Crippen LogP contribution is -2.48. The van der Waals surface area contributed by atoms with Crippen LogP contribution in [0.1, 0.15) is 42.5 Å². The van der Waals surface area contributed by atoms with Gasteiger partial charge in [0.15, 0.2) is 5.65 Å². The Kier molecular flexibility index (Phi) is 5.05. The molecule has 8 nitrogen and oxygen atoms in total. The van der Waals surface area contributed by atoms with Gasteiger partial charge in [0.2, 0.25) is 11.9 Å². The number of anilines is 1. The number of nitrogens with zero attached hydrogens (tertiary/aromatic N) is 4. The van der Waals surface area contributed by atoms with Gasteiger partial charge in [-0.2, -0.15) is 0 Å². The highest BCUT2D eigenvalue weighted by molar-refractivity contribution is 6.02. The minimum Gasteiger partial charge on any atom is -0.496 e. The Morgan fingerprint density at radius 2 is 1.87 bits per heavy atom. The van der Waals surface area contributed by atoms with Crippen molar-refractivity contribution in [3.63, 3.8) is 0 Å². The highest BCUT2D eigenvalue weighted by Crippen LogP contribution is 2.41. The van der Waals surface area contributed by atoms with Crippen molar-refractivity contribution >= 4 is 23.4 Å². The molecule has 2 amide bonds. The third kappa shape index (κ3) is 3.41. The smallest absolute Gasteiger partial charge is 0.258 e. The highest BCUT2D eigenvalue weighted by atomic mass is 16.5. The van der Waals surface area contributed by atoms with Gasteiger partial charge in [0.25, 0.3) is 5.91 Å². The van der Waals surface area contributed by atoms with Crippen LogP contribution in [-0.4, -0.2) is 50.5 Å². The second kappa shape index (κ2) is 8.02. The summed E-state index contributed by atoms with van der Waals surface area (Å²) < 4.78 is 7.15. The molecule has 3 atom stereocenters. The molecule has 2 fully saturated rings. The number of hydrogen-bond donors (Lipinski definition) is 1. The molecule has 1 aliphatic carbocycles. The third-order valence-corrected chi connectivity index (χ3v) is 6.51. The van der Waals surface area contributed by atoms with E-state index in [0.29, 0.717) is 35.2 Å². The van der Waals surface area contributed by atoms with Crippen molar-refractivity contribution in [1.29, 1.82) is 0 Å². The summed E-state index contributed by atoms with van der Waals surface area (Å²) in [5.74, 6) is 0.835. The average Bonchev–Trinajstić information content (AvgIpc) is 3.40. The Morgan fingerprint density at radius 3 is 2.74 bits per heavy atom. The number of aromatic nitrogens is 3. The van der Waals surface area contributed by atoms with Crippen LogP contribution < -0.4 is 10.1 Å². The third-order valence-electron chi connectivity index (χ3n) is 6.51. The van der Waals surface area contributed by atoms with E-state index in [1.54, 1.807) is 34.7 Å². The Morgan fingerprint density at radius 1 is 1.06 bits per heavy atom. The van der Waals surface area contributed by atoms with E-state index in [9.17, 15) is 9.59 Å². The summed E-state index contributed by atoms with van der Waals surface area (Å²) in [6, 6.07) is 12.3. The zero-order chi connectivity index (χ0) is 21.4. The minimum absolute atomic E-state index is 0.0667. The maximum absolute atomic E-state index is 13.6. The molecule has 0 bridgehead atoms. The second-order valence-electron chi connectivity index (χ2n) is 8.22. The molecule has 31 heavy (non-hydrogen) atoms. The molecule has 1 saturated heterocycles. The Labute approximate surface area is 180 Å². The number of rotatable bonds is 4. The molecule has 3 heterocycles. The number of para-hydroxylation sites is 1. The predicted molar refractivity (Wildman–Crippen MR) is 115 cm³/mol. The van der Waals surface area contributed by atoms with Crippen molar-refractivity contribution < 1.29 is 14.3 Å². The summed E-state index contributed by atoms with van der Waals surface area (Å²) in [5, 5.41) is 11.1. The van der Waals surface area contributed by atoms with E-state index < -0.39 is 6.04 Å². The first kappa shape index (κ1) is 19.5. The summed E-state index contributed by atoms with van der Waals surface area (Å²) in [6.45, 7) is 0. The van der Waals surface area contributed by atoms with Crippen molar-refractivity contribution in [2.45, 2.75) is 44.2 Å². The fourth-order valence-corrected chi connectivity index (χ4v) is 5.07. The summed E-state index contributed by atoms with van der Waals surface area (Å²) in [4.78, 5) is 28.8. The fraction of sp³-hybridized carbons (Fsp3) is 0.391. The molecule has 0 spiro atoms. The molecule has 0 radical (unpaired) electrons. The zero-order valence-electron chi connectivity index (χ0n) is 17.4. The SMILES string of the molecule is COc1ccccc1C(=O)N1C(C(=O)Nc2nnc3ccccn23)CC2CCCCC21. The summed E-state index contributed by atoms with van der Waals surface area (Å²) in [7, 11) is 1.56. The molecular weight excluding hydrogens is 394 g/mol. The molecule has 2 aromatic heterocycles. The molecule has 5 rings (SSSR count). The molecule has 3 unspecified atom stereocenters. The number of pyridine rings is 1. The van der Waals surface area contributed by atoms with E-state index in [1.165, 1.54) is 0 Å². The quantitative estimate of drug-likeness (QED) is 0.702. The lowest BCUT2D eigenvalue weighted by Gasteiger charge is -2.33. The first-order valence-corrected chi connectivity index (χ1v) is 10.7. The van der Waals surface area contributed by atoms with Crippen LogP contribution in [0.25, 0.3) is 5.65 Å². The van der Waals surface area contributed by atoms with Gasteiger partial charge < -0.3 is 9.64 Å². The first-order chi connectivity index (χ1) is 15.2. The molecule has 160 valence electrons. The Bertz CT molecular complexity index is 1130. The normalized spacial score (nSPS) is 22.9. The van der Waals surface area contributed by atoms with Crippen molar-refractivity contribution in [2.24, 2.45) is 5.92 Å². The zero-order valence-corrected chi connectivity index (χ0v) is 17.4. The van der Waals surface area contributed by atoms with E-state index in [1.807, 2.05) is 30.3 Å². The molecule has 8 heteroatoms. The van der Waals surface area contributed by atoms with Crippen LogP contribution in [0.2, 0.25) is 0 Å². The number of carbonyl (C=O) groups excluding carboxylic acids is 2. The Balaban J connectivity index is 1.46. The number of amides is 2. The average molecular weight is 419 g/mol. The van der Waals surface area contributed by atoms with E-state index in [-0.39, 0.29) is 17.9 Å². The van der Waals surface area contributed by atoms with Gasteiger partial charge in [-0.15, -0.1) is 10.2 Å². The van der Waals surface area contributed by atoms with Crippen LogP contribution in [0.4, 0.5) is 5.95 Å². The maximum atomic E-state index is 13.6. The molecule has 3 aromatic rings. The van der Waals surface area contributed by atoms with E-state index >= 15 is 0 Å². The van der Waals surface area contributed by atoms with E-state index in [0.717, 1.165) is 25.7 Å². The van der Waals surface area contributed by atoms with Crippen molar-refractivity contribution in [3.8, 4) is 5.75 Å². The van der Waals surface area contributed by atoms with Crippen LogP contribution >= 0.6 is 0 Å². The van der Waals surface area contributed by atoms with Crippen LogP contribution in [-0.2, 0) is 4.79 Å². The Hall–Kier alpha value is -3.42. The van der Waals surface area contributed by atoms with Gasteiger partial charge in [-0.3, -0.25) is 19.3 Å². The molecule has 1 saturated carbocycles. The number of hydrogen-bond acceptors (Lipinski definition) is 5. The molecule has 1 aromatic carbocycles. The molecule has 2 aliphatic rings. The molecule has 1 aliphatic heterocycles. The lowest BCUT2D eigenvalue weighted by molar-refractivity contribution is -0.120. The van der Waals surface area contributed by atoms with E-state index in [2.05, 4.69) is 15.5 Å². The van der Waals surface area contributed by atoms with Gasteiger partial charge in [0.05, 0.1) is 12.7 Å². The van der Waals surface area contributed by atoms with Gasteiger partial charge in [-0.05, 0) is 49.4 Å². The van der Waals surface area contributed by atoms with Crippen LogP contribution in [0.5, 0.6) is 5.75 Å². The molecular formula is C23H25N5O3. The predicted octanol–water partition coefficient (Wildman–Crippen LogP) is 3.15.